The summed E-state index contributed by atoms with van der Waals surface area (Å²) in [7, 11) is 0. The molecule has 8 aromatic carbocycles. The second-order valence-corrected chi connectivity index (χ2v) is 13.1. The van der Waals surface area contributed by atoms with Crippen LogP contribution in [0.2, 0.25) is 0 Å². The van der Waals surface area contributed by atoms with E-state index in [0.29, 0.717) is 18.2 Å². The fraction of sp³-hybridized carbons (Fsp3) is 0.0213. The molecule has 0 aliphatic carbocycles. The third kappa shape index (κ3) is 5.02. The summed E-state index contributed by atoms with van der Waals surface area (Å²) in [5, 5.41) is 8.65. The molecule has 0 amide bonds. The van der Waals surface area contributed by atoms with Crippen LogP contribution in [0.1, 0.15) is 16.7 Å². The molecule has 0 aliphatic rings. The van der Waals surface area contributed by atoms with Crippen molar-refractivity contribution in [2.24, 2.45) is 15.7 Å². The van der Waals surface area contributed by atoms with Gasteiger partial charge in [0.15, 0.2) is 5.84 Å². The summed E-state index contributed by atoms with van der Waals surface area (Å²) >= 11 is 0. The number of furan rings is 2. The predicted molar refractivity (Wildman–Crippen MR) is 215 cm³/mol. The van der Waals surface area contributed by atoms with Crippen molar-refractivity contribution >= 4 is 77.1 Å². The van der Waals surface area contributed by atoms with Crippen LogP contribution in [-0.2, 0) is 6.54 Å². The summed E-state index contributed by atoms with van der Waals surface area (Å²) in [6.07, 6.45) is 0. The quantitative estimate of drug-likeness (QED) is 0.146. The minimum absolute atomic E-state index is 0.351. The molecule has 10 aromatic rings. The van der Waals surface area contributed by atoms with Crippen LogP contribution in [0.25, 0.3) is 76.5 Å². The Balaban J connectivity index is 1.16. The smallest absolute Gasteiger partial charge is 0.157 e. The number of fused-ring (bicyclic) bond motifs is 9. The van der Waals surface area contributed by atoms with Crippen LogP contribution in [0.4, 0.5) is 0 Å². The van der Waals surface area contributed by atoms with Crippen LogP contribution in [0.15, 0.2) is 183 Å². The van der Waals surface area contributed by atoms with Crippen molar-refractivity contribution in [1.29, 1.82) is 0 Å². The number of hydrogen-bond acceptors (Lipinski definition) is 3. The number of nitrogens with zero attached hydrogens (tertiary/aromatic N) is 2. The lowest BCUT2D eigenvalue weighted by Gasteiger charge is -2.13. The Labute approximate surface area is 299 Å². The van der Waals surface area contributed by atoms with Gasteiger partial charge in [0.2, 0.25) is 0 Å². The van der Waals surface area contributed by atoms with Crippen molar-refractivity contribution < 1.29 is 8.83 Å². The normalized spacial score (nSPS) is 12.6. The number of nitrogens with two attached hydrogens (primary N) is 1. The fourth-order valence-electron chi connectivity index (χ4n) is 7.45. The lowest BCUT2D eigenvalue weighted by atomic mass is 9.94. The Morgan fingerprint density at radius 1 is 0.519 bits per heavy atom. The molecule has 5 heteroatoms. The predicted octanol–water partition coefficient (Wildman–Crippen LogP) is 11.8. The zero-order chi connectivity index (χ0) is 34.6. The molecular formula is C47H31N3O2. The highest BCUT2D eigenvalue weighted by Crippen LogP contribution is 2.40. The van der Waals surface area contributed by atoms with Gasteiger partial charge < -0.3 is 14.6 Å². The Bertz CT molecular complexity index is 3060. The van der Waals surface area contributed by atoms with Gasteiger partial charge in [0.25, 0.3) is 0 Å². The van der Waals surface area contributed by atoms with Crippen molar-refractivity contribution in [3.63, 3.8) is 0 Å². The Kier molecular flexibility index (Phi) is 6.96. The van der Waals surface area contributed by atoms with Gasteiger partial charge >= 0.3 is 0 Å². The van der Waals surface area contributed by atoms with Crippen LogP contribution in [-0.4, -0.2) is 11.7 Å². The highest BCUT2D eigenvalue weighted by Gasteiger charge is 2.21. The zero-order valence-electron chi connectivity index (χ0n) is 28.1. The van der Waals surface area contributed by atoms with E-state index in [0.717, 1.165) is 82.5 Å². The number of para-hydroxylation sites is 1. The standard InChI is InChI=1S/C47H31N3O2/c48-46(50-47(32-12-2-1-3-13-32)49-28-29-18-19-30-10-4-5-14-33(30)26-29)44-35(24-25-41-43(44)39-16-8-9-17-40(39)51-41)34-21-22-37-38-23-20-31-11-6-7-15-36(31)45(38)52-42(37)27-34/h1-27H,28H2,(H2,48,49,50). The molecule has 0 saturated heterocycles. The van der Waals surface area contributed by atoms with E-state index in [1.807, 2.05) is 60.7 Å². The molecule has 10 rings (SSSR count). The Morgan fingerprint density at radius 3 is 2.13 bits per heavy atom. The van der Waals surface area contributed by atoms with Gasteiger partial charge in [-0.25, -0.2) is 4.99 Å². The van der Waals surface area contributed by atoms with Crippen LogP contribution in [0.3, 0.4) is 0 Å². The molecule has 0 saturated carbocycles. The monoisotopic (exact) mass is 669 g/mol. The number of hydrogen-bond donors (Lipinski definition) is 1. The molecule has 2 aromatic heterocycles. The number of benzene rings is 8. The first kappa shape index (κ1) is 29.9. The molecule has 52 heavy (non-hydrogen) atoms. The molecule has 0 fully saturated rings. The maximum Gasteiger partial charge on any atom is 0.157 e. The first-order valence-electron chi connectivity index (χ1n) is 17.4. The third-order valence-corrected chi connectivity index (χ3v) is 9.96. The fourth-order valence-corrected chi connectivity index (χ4v) is 7.45. The van der Waals surface area contributed by atoms with Crippen molar-refractivity contribution in [1.82, 2.24) is 0 Å². The highest BCUT2D eigenvalue weighted by atomic mass is 16.3. The molecule has 0 unspecified atom stereocenters. The molecule has 0 spiro atoms. The number of rotatable bonds is 5. The minimum atomic E-state index is 0.351. The van der Waals surface area contributed by atoms with Crippen molar-refractivity contribution in [2.45, 2.75) is 6.54 Å². The lowest BCUT2D eigenvalue weighted by molar-refractivity contribution is 0.669. The van der Waals surface area contributed by atoms with Gasteiger partial charge in [-0.05, 0) is 75.3 Å². The molecule has 0 aliphatic heterocycles. The molecule has 2 N–H and O–H groups in total. The summed E-state index contributed by atoms with van der Waals surface area (Å²) in [5.41, 5.74) is 15.1. The van der Waals surface area contributed by atoms with Gasteiger partial charge in [-0.3, -0.25) is 4.99 Å². The van der Waals surface area contributed by atoms with Gasteiger partial charge in [-0.1, -0.05) is 121 Å². The summed E-state index contributed by atoms with van der Waals surface area (Å²) in [6.45, 7) is 0.453. The summed E-state index contributed by atoms with van der Waals surface area (Å²) in [5.74, 6) is 0.908. The average Bonchev–Trinajstić information content (AvgIpc) is 3.77. The number of aliphatic imine (C=N–C) groups is 2. The van der Waals surface area contributed by atoms with Gasteiger partial charge in [-0.2, -0.15) is 0 Å². The van der Waals surface area contributed by atoms with Crippen LogP contribution >= 0.6 is 0 Å². The molecule has 5 nitrogen and oxygen atoms in total. The minimum Gasteiger partial charge on any atom is -0.456 e. The van der Waals surface area contributed by atoms with E-state index in [1.54, 1.807) is 0 Å². The van der Waals surface area contributed by atoms with Crippen molar-refractivity contribution in [3.8, 4) is 11.1 Å². The van der Waals surface area contributed by atoms with E-state index < -0.39 is 0 Å². The second-order valence-electron chi connectivity index (χ2n) is 13.1. The van der Waals surface area contributed by atoms with Gasteiger partial charge in [0.1, 0.15) is 28.2 Å². The van der Waals surface area contributed by atoms with E-state index in [9.17, 15) is 0 Å². The van der Waals surface area contributed by atoms with E-state index in [1.165, 1.54) is 10.8 Å². The lowest BCUT2D eigenvalue weighted by Crippen LogP contribution is -2.18. The molecule has 0 radical (unpaired) electrons. The van der Waals surface area contributed by atoms with Gasteiger partial charge in [0.05, 0.1) is 6.54 Å². The maximum atomic E-state index is 7.17. The third-order valence-electron chi connectivity index (χ3n) is 9.96. The average molecular weight is 670 g/mol. The van der Waals surface area contributed by atoms with E-state index >= 15 is 0 Å². The largest absolute Gasteiger partial charge is 0.456 e. The Hall–Kier alpha value is -6.98. The summed E-state index contributed by atoms with van der Waals surface area (Å²) in [4.78, 5) is 10.2. The Morgan fingerprint density at radius 2 is 1.25 bits per heavy atom. The van der Waals surface area contributed by atoms with Crippen LogP contribution in [0.5, 0.6) is 0 Å². The first-order chi connectivity index (χ1) is 25.7. The van der Waals surface area contributed by atoms with E-state index in [4.69, 9.17) is 24.6 Å². The topological polar surface area (TPSA) is 77.0 Å². The molecule has 246 valence electrons. The van der Waals surface area contributed by atoms with Crippen molar-refractivity contribution in [3.05, 3.63) is 180 Å². The summed E-state index contributed by atoms with van der Waals surface area (Å²) in [6, 6.07) is 56.0. The van der Waals surface area contributed by atoms with Gasteiger partial charge in [-0.15, -0.1) is 0 Å². The van der Waals surface area contributed by atoms with Crippen LogP contribution < -0.4 is 5.73 Å². The number of amidine groups is 2. The molecule has 0 bridgehead atoms. The maximum absolute atomic E-state index is 7.17. The van der Waals surface area contributed by atoms with E-state index in [2.05, 4.69) is 103 Å². The van der Waals surface area contributed by atoms with E-state index in [-0.39, 0.29) is 0 Å². The van der Waals surface area contributed by atoms with Gasteiger partial charge in [0, 0.05) is 38.1 Å². The highest BCUT2D eigenvalue weighted by molar-refractivity contribution is 6.24. The molecule has 2 heterocycles. The SMILES string of the molecule is N/C(=N\C(=N/Cc1ccc2ccccc2c1)c1ccccc1)c1c(-c2ccc3c(c2)oc2c4ccccc4ccc32)ccc2oc3ccccc3c12. The van der Waals surface area contributed by atoms with Crippen LogP contribution in [0, 0.1) is 0 Å². The molecular weight excluding hydrogens is 639 g/mol. The second kappa shape index (κ2) is 12.1. The van der Waals surface area contributed by atoms with Crippen molar-refractivity contribution in [2.75, 3.05) is 0 Å². The first-order valence-corrected chi connectivity index (χ1v) is 17.4. The summed E-state index contributed by atoms with van der Waals surface area (Å²) < 4.78 is 13.0. The molecule has 0 atom stereocenters. The zero-order valence-corrected chi connectivity index (χ0v) is 28.1.